The number of imidazole rings is 1. The van der Waals surface area contributed by atoms with Crippen LogP contribution in [0.2, 0.25) is 0 Å². The second kappa shape index (κ2) is 9.75. The second-order valence-electron chi connectivity index (χ2n) is 9.55. The van der Waals surface area contributed by atoms with Crippen molar-refractivity contribution in [3.8, 4) is 22.6 Å². The maximum absolute atomic E-state index is 16.1. The third kappa shape index (κ3) is 4.63. The fraction of sp³-hybridized carbons (Fsp3) is 0.133. The maximum atomic E-state index is 16.1. The summed E-state index contributed by atoms with van der Waals surface area (Å²) in [6.45, 7) is 9.76. The van der Waals surface area contributed by atoms with Crippen molar-refractivity contribution in [2.75, 3.05) is 5.32 Å². The number of aromatic nitrogens is 6. The highest BCUT2D eigenvalue weighted by Gasteiger charge is 2.25. The predicted octanol–water partition coefficient (Wildman–Crippen LogP) is 6.95. The Morgan fingerprint density at radius 1 is 1.13 bits per heavy atom. The molecule has 1 aliphatic rings. The van der Waals surface area contributed by atoms with Gasteiger partial charge in [-0.25, -0.2) is 18.7 Å². The van der Waals surface area contributed by atoms with Crippen LogP contribution < -0.4 is 5.32 Å². The summed E-state index contributed by atoms with van der Waals surface area (Å²) in [6.07, 6.45) is 10.4. The van der Waals surface area contributed by atoms with Gasteiger partial charge in [0.05, 0.1) is 23.0 Å². The number of nitrogens with one attached hydrogen (secondary N) is 3. The van der Waals surface area contributed by atoms with Crippen molar-refractivity contribution in [3.05, 3.63) is 109 Å². The van der Waals surface area contributed by atoms with Crippen LogP contribution in [0.25, 0.3) is 39.3 Å². The van der Waals surface area contributed by atoms with E-state index in [4.69, 9.17) is 4.98 Å². The predicted molar refractivity (Wildman–Crippen MR) is 149 cm³/mol. The standard InChI is InChI=1S/C30H25F2N7/c1-4-5-23(19-8-10-21(31)11-9-19)27-17(3)36-30(37-27)28-25-26(32)24(15-34-29(25)39-38-28)20-12-22(14-33-13-20)35-16(2)18-6-7-18/h4-5,8-15,18,35H,1-2,6-7H2,3H3,(H,36,37)(H,34,38,39)/b23-5-. The van der Waals surface area contributed by atoms with E-state index in [0.29, 0.717) is 34.3 Å². The van der Waals surface area contributed by atoms with Crippen LogP contribution in [0.5, 0.6) is 0 Å². The number of hydrogen-bond donors (Lipinski definition) is 3. The Morgan fingerprint density at radius 2 is 1.92 bits per heavy atom. The molecule has 5 aromatic rings. The average molecular weight is 522 g/mol. The Balaban J connectivity index is 1.40. The van der Waals surface area contributed by atoms with Gasteiger partial charge in [-0.2, -0.15) is 5.10 Å². The second-order valence-corrected chi connectivity index (χ2v) is 9.55. The zero-order chi connectivity index (χ0) is 27.1. The number of pyridine rings is 2. The van der Waals surface area contributed by atoms with Crippen LogP contribution in [0.1, 0.15) is 29.8 Å². The van der Waals surface area contributed by atoms with Crippen LogP contribution in [-0.2, 0) is 0 Å². The average Bonchev–Trinajstić information content (AvgIpc) is 3.59. The molecule has 0 radical (unpaired) electrons. The van der Waals surface area contributed by atoms with E-state index in [1.165, 1.54) is 18.3 Å². The van der Waals surface area contributed by atoms with Crippen LogP contribution >= 0.6 is 0 Å². The highest BCUT2D eigenvalue weighted by molar-refractivity contribution is 5.93. The van der Waals surface area contributed by atoms with E-state index in [-0.39, 0.29) is 16.9 Å². The first kappa shape index (κ1) is 24.4. The minimum Gasteiger partial charge on any atom is -0.358 e. The first-order valence-corrected chi connectivity index (χ1v) is 12.5. The van der Waals surface area contributed by atoms with Gasteiger partial charge in [-0.15, -0.1) is 0 Å². The largest absolute Gasteiger partial charge is 0.358 e. The van der Waals surface area contributed by atoms with E-state index >= 15 is 4.39 Å². The number of aryl methyl sites for hydroxylation is 1. The van der Waals surface area contributed by atoms with E-state index in [1.54, 1.807) is 36.7 Å². The molecule has 194 valence electrons. The lowest BCUT2D eigenvalue weighted by molar-refractivity contribution is 0.627. The van der Waals surface area contributed by atoms with Crippen LogP contribution in [0.15, 0.2) is 79.9 Å². The molecule has 39 heavy (non-hydrogen) atoms. The van der Waals surface area contributed by atoms with Crippen molar-refractivity contribution in [2.45, 2.75) is 19.8 Å². The summed E-state index contributed by atoms with van der Waals surface area (Å²) in [4.78, 5) is 16.7. The van der Waals surface area contributed by atoms with E-state index in [1.807, 2.05) is 13.0 Å². The molecule has 0 spiro atoms. The number of benzene rings is 1. The molecule has 6 rings (SSSR count). The first-order valence-electron chi connectivity index (χ1n) is 12.5. The van der Waals surface area contributed by atoms with Crippen molar-refractivity contribution in [3.63, 3.8) is 0 Å². The normalized spacial score (nSPS) is 13.6. The van der Waals surface area contributed by atoms with Gasteiger partial charge in [0.15, 0.2) is 11.5 Å². The molecule has 0 aliphatic heterocycles. The SMILES string of the molecule is C=C/C=C(/c1ccc(F)cc1)c1nc(-c2[nH]nc3ncc(-c4cncc(NC(=C)C5CC5)c4)c(F)c23)[nH]c1C. The lowest BCUT2D eigenvalue weighted by Crippen LogP contribution is -2.00. The number of fused-ring (bicyclic) bond motifs is 1. The molecule has 9 heteroatoms. The topological polar surface area (TPSA) is 95.2 Å². The molecule has 0 unspecified atom stereocenters. The fourth-order valence-electron chi connectivity index (χ4n) is 4.60. The Kier molecular flexibility index (Phi) is 6.11. The van der Waals surface area contributed by atoms with E-state index in [9.17, 15) is 4.39 Å². The zero-order valence-corrected chi connectivity index (χ0v) is 21.2. The van der Waals surface area contributed by atoms with Crippen molar-refractivity contribution in [1.29, 1.82) is 0 Å². The Labute approximate surface area is 223 Å². The van der Waals surface area contributed by atoms with Gasteiger partial charge in [-0.05, 0) is 49.4 Å². The van der Waals surface area contributed by atoms with Crippen LogP contribution in [-0.4, -0.2) is 30.1 Å². The van der Waals surface area contributed by atoms with E-state index in [2.05, 4.69) is 43.6 Å². The third-order valence-corrected chi connectivity index (χ3v) is 6.76. The van der Waals surface area contributed by atoms with Crippen LogP contribution in [0.3, 0.4) is 0 Å². The maximum Gasteiger partial charge on any atom is 0.184 e. The lowest BCUT2D eigenvalue weighted by atomic mass is 10.0. The number of rotatable bonds is 8. The van der Waals surface area contributed by atoms with Gasteiger partial charge in [0.1, 0.15) is 17.3 Å². The molecule has 1 aliphatic carbocycles. The number of halogens is 2. The van der Waals surface area contributed by atoms with Crippen molar-refractivity contribution < 1.29 is 8.78 Å². The first-order chi connectivity index (χ1) is 18.9. The number of allylic oxidation sites excluding steroid dienone is 3. The summed E-state index contributed by atoms with van der Waals surface area (Å²) in [5.41, 5.74) is 6.03. The number of nitrogens with zero attached hydrogens (tertiary/aromatic N) is 4. The number of aromatic amines is 2. The molecular weight excluding hydrogens is 496 g/mol. The Hall–Kier alpha value is -4.92. The van der Waals surface area contributed by atoms with Gasteiger partial charge < -0.3 is 10.3 Å². The van der Waals surface area contributed by atoms with Crippen molar-refractivity contribution >= 4 is 22.3 Å². The van der Waals surface area contributed by atoms with Gasteiger partial charge in [0.2, 0.25) is 0 Å². The van der Waals surface area contributed by atoms with Crippen LogP contribution in [0.4, 0.5) is 14.5 Å². The smallest absolute Gasteiger partial charge is 0.184 e. The molecule has 1 saturated carbocycles. The summed E-state index contributed by atoms with van der Waals surface area (Å²) < 4.78 is 29.6. The molecule has 0 bridgehead atoms. The summed E-state index contributed by atoms with van der Waals surface area (Å²) in [6, 6.07) is 7.97. The molecule has 1 fully saturated rings. The monoisotopic (exact) mass is 521 g/mol. The highest BCUT2D eigenvalue weighted by Crippen LogP contribution is 2.37. The molecular formula is C30H25F2N7. The number of H-pyrrole nitrogens is 2. The minimum atomic E-state index is -0.486. The van der Waals surface area contributed by atoms with Gasteiger partial charge in [0, 0.05) is 40.5 Å². The molecule has 0 amide bonds. The van der Waals surface area contributed by atoms with Gasteiger partial charge in [-0.1, -0.05) is 37.4 Å². The molecule has 3 N–H and O–H groups in total. The molecule has 4 aromatic heterocycles. The van der Waals surface area contributed by atoms with Crippen LogP contribution in [0, 0.1) is 24.5 Å². The Morgan fingerprint density at radius 3 is 2.67 bits per heavy atom. The molecule has 1 aromatic carbocycles. The fourth-order valence-corrected chi connectivity index (χ4v) is 4.60. The third-order valence-electron chi connectivity index (χ3n) is 6.76. The molecule has 4 heterocycles. The van der Waals surface area contributed by atoms with Gasteiger partial charge >= 0.3 is 0 Å². The zero-order valence-electron chi connectivity index (χ0n) is 21.2. The summed E-state index contributed by atoms with van der Waals surface area (Å²) >= 11 is 0. The van der Waals surface area contributed by atoms with E-state index in [0.717, 1.165) is 41.1 Å². The summed E-state index contributed by atoms with van der Waals surface area (Å²) in [7, 11) is 0. The highest BCUT2D eigenvalue weighted by atomic mass is 19.1. The number of hydrogen-bond acceptors (Lipinski definition) is 5. The quantitative estimate of drug-likeness (QED) is 0.192. The lowest BCUT2D eigenvalue weighted by Gasteiger charge is -2.10. The summed E-state index contributed by atoms with van der Waals surface area (Å²) in [5, 5.41) is 10.6. The van der Waals surface area contributed by atoms with Crippen molar-refractivity contribution in [2.24, 2.45) is 5.92 Å². The molecule has 0 atom stereocenters. The van der Waals surface area contributed by atoms with E-state index < -0.39 is 5.82 Å². The summed E-state index contributed by atoms with van der Waals surface area (Å²) in [5.74, 6) is 0.0561. The Bertz CT molecular complexity index is 1760. The van der Waals surface area contributed by atoms with Gasteiger partial charge in [-0.3, -0.25) is 10.1 Å². The minimum absolute atomic E-state index is 0.213. The number of anilines is 1. The molecule has 0 saturated heterocycles. The van der Waals surface area contributed by atoms with Crippen molar-refractivity contribution in [1.82, 2.24) is 30.1 Å². The van der Waals surface area contributed by atoms with Gasteiger partial charge in [0.25, 0.3) is 0 Å². The molecule has 7 nitrogen and oxygen atoms in total.